The van der Waals surface area contributed by atoms with E-state index in [4.69, 9.17) is 9.47 Å². The van der Waals surface area contributed by atoms with E-state index in [1.165, 1.54) is 27.7 Å². The van der Waals surface area contributed by atoms with Gasteiger partial charge in [0.05, 0.1) is 6.61 Å². The van der Waals surface area contributed by atoms with Gasteiger partial charge in [-0.3, -0.25) is 4.90 Å². The molecule has 3 aromatic carbocycles. The largest absolute Gasteiger partial charge is 0.491 e. The Morgan fingerprint density at radius 3 is 2.34 bits per heavy atom. The van der Waals surface area contributed by atoms with Gasteiger partial charge in [-0.1, -0.05) is 60.7 Å². The summed E-state index contributed by atoms with van der Waals surface area (Å²) in [6.07, 6.45) is 0.0903. The molecule has 0 N–H and O–H groups in total. The molecule has 1 saturated heterocycles. The van der Waals surface area contributed by atoms with Crippen molar-refractivity contribution < 1.29 is 9.47 Å². The summed E-state index contributed by atoms with van der Waals surface area (Å²) in [5.74, 6) is 0.901. The van der Waals surface area contributed by atoms with Crippen molar-refractivity contribution in [2.24, 2.45) is 0 Å². The van der Waals surface area contributed by atoms with Crippen molar-refractivity contribution in [1.29, 1.82) is 0 Å². The lowest BCUT2D eigenvalue weighted by Crippen LogP contribution is -2.44. The van der Waals surface area contributed by atoms with Crippen LogP contribution in [0.5, 0.6) is 5.75 Å². The van der Waals surface area contributed by atoms with Gasteiger partial charge in [0.15, 0.2) is 0 Å². The fourth-order valence-electron chi connectivity index (χ4n) is 4.51. The molecular weight excluding hydrogens is 396 g/mol. The number of aryl methyl sites for hydroxylation is 1. The number of ether oxygens (including phenoxy) is 2. The van der Waals surface area contributed by atoms with Crippen LogP contribution in [-0.4, -0.2) is 41.9 Å². The van der Waals surface area contributed by atoms with Gasteiger partial charge in [0.2, 0.25) is 0 Å². The molecule has 0 spiro atoms. The van der Waals surface area contributed by atoms with E-state index >= 15 is 0 Å². The van der Waals surface area contributed by atoms with Gasteiger partial charge in [0.1, 0.15) is 18.5 Å². The van der Waals surface area contributed by atoms with Crippen molar-refractivity contribution in [2.75, 3.05) is 26.3 Å². The van der Waals surface area contributed by atoms with Crippen molar-refractivity contribution in [3.8, 4) is 5.75 Å². The van der Waals surface area contributed by atoms with Crippen LogP contribution in [0.2, 0.25) is 0 Å². The van der Waals surface area contributed by atoms with E-state index in [-0.39, 0.29) is 6.10 Å². The Labute approximate surface area is 190 Å². The van der Waals surface area contributed by atoms with E-state index in [1.807, 2.05) is 0 Å². The molecule has 4 nitrogen and oxygen atoms in total. The molecule has 1 aromatic heterocycles. The lowest BCUT2D eigenvalue weighted by atomic mass is 10.2. The monoisotopic (exact) mass is 426 g/mol. The van der Waals surface area contributed by atoms with Crippen LogP contribution in [0.1, 0.15) is 16.8 Å². The molecule has 4 aromatic rings. The zero-order valence-corrected chi connectivity index (χ0v) is 18.6. The van der Waals surface area contributed by atoms with Crippen LogP contribution in [0.4, 0.5) is 0 Å². The fourth-order valence-corrected chi connectivity index (χ4v) is 4.51. The molecule has 0 radical (unpaired) electrons. The van der Waals surface area contributed by atoms with Crippen molar-refractivity contribution in [3.63, 3.8) is 0 Å². The molecule has 1 atom stereocenters. The number of nitrogens with zero attached hydrogens (tertiary/aromatic N) is 2. The minimum Gasteiger partial charge on any atom is -0.491 e. The molecule has 32 heavy (non-hydrogen) atoms. The number of hydrogen-bond acceptors (Lipinski definition) is 3. The van der Waals surface area contributed by atoms with Crippen LogP contribution in [0.15, 0.2) is 84.9 Å². The summed E-state index contributed by atoms with van der Waals surface area (Å²) in [5, 5.41) is 1.21. The zero-order chi connectivity index (χ0) is 21.8. The molecule has 0 saturated carbocycles. The Balaban J connectivity index is 1.22. The SMILES string of the molecule is Cc1cc2cc(OCC3CN(Cc4ccccc4)CCO3)ccc2n1Cc1ccccc1. The highest BCUT2D eigenvalue weighted by atomic mass is 16.5. The van der Waals surface area contributed by atoms with E-state index in [1.54, 1.807) is 0 Å². The van der Waals surface area contributed by atoms with E-state index in [9.17, 15) is 0 Å². The van der Waals surface area contributed by atoms with Gasteiger partial charge in [-0.15, -0.1) is 0 Å². The third kappa shape index (κ3) is 4.87. The van der Waals surface area contributed by atoms with Crippen molar-refractivity contribution >= 4 is 10.9 Å². The first kappa shape index (κ1) is 20.8. The number of rotatable bonds is 7. The van der Waals surface area contributed by atoms with E-state index < -0.39 is 0 Å². The quantitative estimate of drug-likeness (QED) is 0.402. The van der Waals surface area contributed by atoms with Crippen LogP contribution in [0.3, 0.4) is 0 Å². The molecule has 2 heterocycles. The van der Waals surface area contributed by atoms with Crippen molar-refractivity contribution in [1.82, 2.24) is 9.47 Å². The van der Waals surface area contributed by atoms with Crippen LogP contribution >= 0.6 is 0 Å². The maximum atomic E-state index is 6.16. The highest BCUT2D eigenvalue weighted by molar-refractivity contribution is 5.83. The molecule has 1 aliphatic rings. The van der Waals surface area contributed by atoms with Crippen LogP contribution in [-0.2, 0) is 17.8 Å². The average molecular weight is 427 g/mol. The van der Waals surface area contributed by atoms with Gasteiger partial charge in [0.25, 0.3) is 0 Å². The summed E-state index contributed by atoms with van der Waals surface area (Å²) in [4.78, 5) is 2.45. The van der Waals surface area contributed by atoms with Gasteiger partial charge in [-0.25, -0.2) is 0 Å². The summed E-state index contributed by atoms with van der Waals surface area (Å²) >= 11 is 0. The number of hydrogen-bond donors (Lipinski definition) is 0. The van der Waals surface area contributed by atoms with Crippen LogP contribution < -0.4 is 4.74 Å². The molecule has 1 aliphatic heterocycles. The predicted molar refractivity (Wildman–Crippen MR) is 129 cm³/mol. The van der Waals surface area contributed by atoms with Crippen molar-refractivity contribution in [2.45, 2.75) is 26.1 Å². The average Bonchev–Trinajstić information content (AvgIpc) is 3.13. The van der Waals surface area contributed by atoms with E-state index in [0.29, 0.717) is 6.61 Å². The Morgan fingerprint density at radius 1 is 0.875 bits per heavy atom. The van der Waals surface area contributed by atoms with Crippen molar-refractivity contribution in [3.05, 3.63) is 102 Å². The number of benzene rings is 3. The number of morpholine rings is 1. The second kappa shape index (κ2) is 9.60. The first-order valence-corrected chi connectivity index (χ1v) is 11.4. The molecule has 1 unspecified atom stereocenters. The molecule has 0 bridgehead atoms. The predicted octanol–water partition coefficient (Wildman–Crippen LogP) is 5.28. The molecule has 0 amide bonds. The molecule has 1 fully saturated rings. The topological polar surface area (TPSA) is 26.6 Å². The van der Waals surface area contributed by atoms with Gasteiger partial charge in [-0.2, -0.15) is 0 Å². The summed E-state index contributed by atoms with van der Waals surface area (Å²) in [6.45, 7) is 7.18. The van der Waals surface area contributed by atoms with Crippen LogP contribution in [0.25, 0.3) is 10.9 Å². The second-order valence-corrected chi connectivity index (χ2v) is 8.60. The first-order valence-electron chi connectivity index (χ1n) is 11.4. The highest BCUT2D eigenvalue weighted by Gasteiger charge is 2.21. The second-order valence-electron chi connectivity index (χ2n) is 8.60. The zero-order valence-electron chi connectivity index (χ0n) is 18.6. The van der Waals surface area contributed by atoms with Gasteiger partial charge >= 0.3 is 0 Å². The summed E-state index contributed by atoms with van der Waals surface area (Å²) in [7, 11) is 0. The molecule has 4 heteroatoms. The minimum absolute atomic E-state index is 0.0903. The Kier molecular flexibility index (Phi) is 6.24. The maximum Gasteiger partial charge on any atom is 0.120 e. The van der Waals surface area contributed by atoms with E-state index in [2.05, 4.69) is 101 Å². The minimum atomic E-state index is 0.0903. The normalized spacial score (nSPS) is 17.0. The van der Waals surface area contributed by atoms with Gasteiger partial charge < -0.3 is 14.0 Å². The van der Waals surface area contributed by atoms with Crippen LogP contribution in [0, 0.1) is 6.92 Å². The summed E-state index contributed by atoms with van der Waals surface area (Å²) in [6, 6.07) is 29.9. The summed E-state index contributed by atoms with van der Waals surface area (Å²) in [5.41, 5.74) is 5.15. The third-order valence-electron chi connectivity index (χ3n) is 6.17. The Hall–Kier alpha value is -3.08. The number of aromatic nitrogens is 1. The summed E-state index contributed by atoms with van der Waals surface area (Å²) < 4.78 is 14.5. The third-order valence-corrected chi connectivity index (χ3v) is 6.17. The Morgan fingerprint density at radius 2 is 1.59 bits per heavy atom. The maximum absolute atomic E-state index is 6.16. The molecule has 5 rings (SSSR count). The molecule has 0 aliphatic carbocycles. The smallest absolute Gasteiger partial charge is 0.120 e. The lowest BCUT2D eigenvalue weighted by molar-refractivity contribution is -0.0504. The fraction of sp³-hybridized carbons (Fsp3) is 0.286. The standard InChI is InChI=1S/C28H30N2O2/c1-22-16-25-17-26(12-13-28(25)30(22)19-24-10-6-3-7-11-24)32-21-27-20-29(14-15-31-27)18-23-8-4-2-5-9-23/h2-13,16-17,27H,14-15,18-21H2,1H3. The Bertz CT molecular complexity index is 1150. The van der Waals surface area contributed by atoms with Gasteiger partial charge in [0, 0.05) is 42.8 Å². The van der Waals surface area contributed by atoms with E-state index in [0.717, 1.165) is 38.5 Å². The molecule has 164 valence electrons. The highest BCUT2D eigenvalue weighted by Crippen LogP contribution is 2.26. The lowest BCUT2D eigenvalue weighted by Gasteiger charge is -2.32. The first-order chi connectivity index (χ1) is 15.7. The molecular formula is C28H30N2O2. The number of fused-ring (bicyclic) bond motifs is 1. The van der Waals surface area contributed by atoms with Gasteiger partial charge in [-0.05, 0) is 42.3 Å².